The summed E-state index contributed by atoms with van der Waals surface area (Å²) in [6.45, 7) is 3.07. The van der Waals surface area contributed by atoms with Gasteiger partial charge < -0.3 is 5.11 Å². The van der Waals surface area contributed by atoms with E-state index in [1.54, 1.807) is 13.8 Å². The van der Waals surface area contributed by atoms with Crippen LogP contribution < -0.4 is 0 Å². The maximum atomic E-state index is 12.1. The van der Waals surface area contributed by atoms with Crippen molar-refractivity contribution in [3.8, 4) is 0 Å². The van der Waals surface area contributed by atoms with E-state index in [0.29, 0.717) is 0 Å². The number of fused-ring (bicyclic) bond motifs is 1. The van der Waals surface area contributed by atoms with Gasteiger partial charge in [0.15, 0.2) is 5.03 Å². The van der Waals surface area contributed by atoms with Gasteiger partial charge in [-0.05, 0) is 32.4 Å². The first-order valence-electron chi connectivity index (χ1n) is 5.48. The number of aliphatic hydroxyl groups is 1. The number of amides is 1. The zero-order chi connectivity index (χ0) is 13.6. The summed E-state index contributed by atoms with van der Waals surface area (Å²) < 4.78 is 24.9. The second-order valence-electron chi connectivity index (χ2n) is 4.80. The molecule has 7 heteroatoms. The number of hydrogen-bond acceptors (Lipinski definition) is 5. The number of nitrogens with zero attached hydrogens (tertiary/aromatic N) is 2. The number of hydrogen-bond donors (Lipinski definition) is 1. The zero-order valence-electron chi connectivity index (χ0n) is 10.1. The molecule has 1 aromatic heterocycles. The van der Waals surface area contributed by atoms with Crippen LogP contribution in [-0.4, -0.2) is 40.9 Å². The van der Waals surface area contributed by atoms with Crippen molar-refractivity contribution >= 4 is 15.9 Å². The predicted molar refractivity (Wildman–Crippen MR) is 63.4 cm³/mol. The molecule has 1 aliphatic rings. The molecule has 0 aromatic carbocycles. The highest BCUT2D eigenvalue weighted by atomic mass is 32.2. The Bertz CT molecular complexity index is 589. The smallest absolute Gasteiger partial charge is 0.285 e. The van der Waals surface area contributed by atoms with Gasteiger partial charge in [-0.25, -0.2) is 9.29 Å². The van der Waals surface area contributed by atoms with Gasteiger partial charge >= 0.3 is 0 Å². The third kappa shape index (κ3) is 2.11. The average molecular weight is 270 g/mol. The molecule has 1 amide bonds. The number of aromatic nitrogens is 1. The van der Waals surface area contributed by atoms with Crippen LogP contribution in [0.2, 0.25) is 0 Å². The van der Waals surface area contributed by atoms with E-state index < -0.39 is 21.5 Å². The Morgan fingerprint density at radius 3 is 2.67 bits per heavy atom. The largest absolute Gasteiger partial charge is 0.390 e. The van der Waals surface area contributed by atoms with Crippen molar-refractivity contribution in [1.82, 2.24) is 9.29 Å². The summed E-state index contributed by atoms with van der Waals surface area (Å²) in [4.78, 5) is 15.7. The van der Waals surface area contributed by atoms with Crippen molar-refractivity contribution in [3.05, 3.63) is 23.9 Å². The maximum absolute atomic E-state index is 12.1. The molecule has 18 heavy (non-hydrogen) atoms. The Morgan fingerprint density at radius 1 is 1.44 bits per heavy atom. The quantitative estimate of drug-likeness (QED) is 0.858. The molecule has 98 valence electrons. The van der Waals surface area contributed by atoms with Gasteiger partial charge in [0.05, 0.1) is 11.2 Å². The molecule has 0 bridgehead atoms. The first-order chi connectivity index (χ1) is 8.23. The molecular weight excluding hydrogens is 256 g/mol. The van der Waals surface area contributed by atoms with Crippen LogP contribution in [0.1, 0.15) is 30.6 Å². The summed E-state index contributed by atoms with van der Waals surface area (Å²) >= 11 is 0. The summed E-state index contributed by atoms with van der Waals surface area (Å²) in [5.41, 5.74) is -0.939. The number of pyridine rings is 1. The molecule has 0 unspecified atom stereocenters. The topological polar surface area (TPSA) is 87.6 Å². The molecule has 1 aliphatic heterocycles. The van der Waals surface area contributed by atoms with Gasteiger partial charge in [0, 0.05) is 12.7 Å². The monoisotopic (exact) mass is 270 g/mol. The van der Waals surface area contributed by atoms with Crippen LogP contribution in [-0.2, 0) is 10.0 Å². The molecule has 2 rings (SSSR count). The van der Waals surface area contributed by atoms with Crippen molar-refractivity contribution < 1.29 is 18.3 Å². The van der Waals surface area contributed by atoms with Gasteiger partial charge in [-0.2, -0.15) is 8.42 Å². The molecule has 1 N–H and O–H groups in total. The summed E-state index contributed by atoms with van der Waals surface area (Å²) in [5.74, 6) is -0.581. The van der Waals surface area contributed by atoms with E-state index >= 15 is 0 Å². The molecule has 0 aliphatic carbocycles. The van der Waals surface area contributed by atoms with Crippen LogP contribution in [0, 0.1) is 0 Å². The van der Waals surface area contributed by atoms with Crippen LogP contribution in [0.25, 0.3) is 0 Å². The summed E-state index contributed by atoms with van der Waals surface area (Å²) in [5, 5.41) is 9.40. The number of rotatable bonds is 3. The lowest BCUT2D eigenvalue weighted by molar-refractivity contribution is 0.0616. The molecule has 1 aromatic rings. The maximum Gasteiger partial charge on any atom is 0.285 e. The van der Waals surface area contributed by atoms with E-state index in [2.05, 4.69) is 4.98 Å². The van der Waals surface area contributed by atoms with E-state index in [-0.39, 0.29) is 23.6 Å². The summed E-state index contributed by atoms with van der Waals surface area (Å²) in [7, 11) is -3.86. The molecule has 0 atom stereocenters. The molecular formula is C11H14N2O4S. The van der Waals surface area contributed by atoms with Crippen molar-refractivity contribution in [2.45, 2.75) is 30.9 Å². The minimum atomic E-state index is -3.86. The van der Waals surface area contributed by atoms with Gasteiger partial charge in [-0.1, -0.05) is 0 Å². The first kappa shape index (κ1) is 13.0. The van der Waals surface area contributed by atoms with Crippen LogP contribution in [0.3, 0.4) is 0 Å². The standard InChI is InChI=1S/C11H14N2O4S/c1-11(2,15)5-7-13-10(14)8-4-3-6-12-9(8)18(13,16)17/h3-4,6,15H,5,7H2,1-2H3. The first-order valence-corrected chi connectivity index (χ1v) is 6.92. The molecule has 0 saturated carbocycles. The van der Waals surface area contributed by atoms with Crippen molar-refractivity contribution in [2.75, 3.05) is 6.54 Å². The van der Waals surface area contributed by atoms with Gasteiger partial charge in [-0.15, -0.1) is 0 Å². The molecule has 6 nitrogen and oxygen atoms in total. The third-order valence-corrected chi connectivity index (χ3v) is 4.43. The Hall–Kier alpha value is -1.47. The molecule has 0 saturated heterocycles. The number of carbonyl (C=O) groups is 1. The highest BCUT2D eigenvalue weighted by Gasteiger charge is 2.42. The van der Waals surface area contributed by atoms with E-state index in [1.165, 1.54) is 18.3 Å². The van der Waals surface area contributed by atoms with Crippen molar-refractivity contribution in [2.24, 2.45) is 0 Å². The average Bonchev–Trinajstić information content (AvgIpc) is 2.45. The van der Waals surface area contributed by atoms with Gasteiger partial charge in [-0.3, -0.25) is 4.79 Å². The molecule has 0 spiro atoms. The highest BCUT2D eigenvalue weighted by molar-refractivity contribution is 7.90. The fourth-order valence-electron chi connectivity index (χ4n) is 1.70. The third-order valence-electron chi connectivity index (χ3n) is 2.69. The number of sulfonamides is 1. The molecule has 2 heterocycles. The minimum Gasteiger partial charge on any atom is -0.390 e. The number of carbonyl (C=O) groups excluding carboxylic acids is 1. The minimum absolute atomic E-state index is 0.0545. The summed E-state index contributed by atoms with van der Waals surface area (Å²) in [6, 6.07) is 2.96. The van der Waals surface area contributed by atoms with Crippen molar-refractivity contribution in [3.63, 3.8) is 0 Å². The Kier molecular flexibility index (Phi) is 2.90. The van der Waals surface area contributed by atoms with Crippen LogP contribution in [0.4, 0.5) is 0 Å². The van der Waals surface area contributed by atoms with Gasteiger partial charge in [0.1, 0.15) is 0 Å². The zero-order valence-corrected chi connectivity index (χ0v) is 10.9. The van der Waals surface area contributed by atoms with E-state index in [9.17, 15) is 18.3 Å². The van der Waals surface area contributed by atoms with Gasteiger partial charge in [0.2, 0.25) is 0 Å². The fourth-order valence-corrected chi connectivity index (χ4v) is 3.19. The Morgan fingerprint density at radius 2 is 2.11 bits per heavy atom. The SMILES string of the molecule is CC(C)(O)CCN1C(=O)c2cccnc2S1(=O)=O. The van der Waals surface area contributed by atoms with E-state index in [4.69, 9.17) is 0 Å². The lowest BCUT2D eigenvalue weighted by Gasteiger charge is -2.21. The van der Waals surface area contributed by atoms with Crippen molar-refractivity contribution in [1.29, 1.82) is 0 Å². The Labute approximate surface area is 105 Å². The fraction of sp³-hybridized carbons (Fsp3) is 0.455. The second-order valence-corrected chi connectivity index (χ2v) is 6.58. The lowest BCUT2D eigenvalue weighted by Crippen LogP contribution is -2.35. The van der Waals surface area contributed by atoms with Crippen LogP contribution in [0.5, 0.6) is 0 Å². The second kappa shape index (κ2) is 4.03. The van der Waals surface area contributed by atoms with E-state index in [1.807, 2.05) is 0 Å². The predicted octanol–water partition coefficient (Wildman–Crippen LogP) is 0.387. The van der Waals surface area contributed by atoms with Crippen LogP contribution in [0.15, 0.2) is 23.4 Å². The lowest BCUT2D eigenvalue weighted by atomic mass is 10.1. The molecule has 0 radical (unpaired) electrons. The summed E-state index contributed by atoms with van der Waals surface area (Å²) in [6.07, 6.45) is 1.51. The highest BCUT2D eigenvalue weighted by Crippen LogP contribution is 2.28. The Balaban J connectivity index is 2.34. The normalized spacial score (nSPS) is 17.9. The van der Waals surface area contributed by atoms with Crippen LogP contribution >= 0.6 is 0 Å². The van der Waals surface area contributed by atoms with E-state index in [0.717, 1.165) is 4.31 Å². The molecule has 0 fully saturated rings. The van der Waals surface area contributed by atoms with Gasteiger partial charge in [0.25, 0.3) is 15.9 Å².